The van der Waals surface area contributed by atoms with E-state index in [9.17, 15) is 14.9 Å². The van der Waals surface area contributed by atoms with Gasteiger partial charge in [-0.1, -0.05) is 43.9 Å². The molecule has 7 nitrogen and oxygen atoms in total. The molecule has 0 fully saturated rings. The second kappa shape index (κ2) is 11.9. The fourth-order valence-electron chi connectivity index (χ4n) is 4.70. The lowest BCUT2D eigenvalue weighted by Crippen LogP contribution is -2.35. The Bertz CT molecular complexity index is 1500. The molecule has 0 aliphatic carbocycles. The van der Waals surface area contributed by atoms with Gasteiger partial charge in [-0.3, -0.25) is 14.5 Å². The molecule has 4 rings (SSSR count). The lowest BCUT2D eigenvalue weighted by Gasteiger charge is -2.27. The zero-order valence-corrected chi connectivity index (χ0v) is 26.1. The molecule has 2 amide bonds. The van der Waals surface area contributed by atoms with Crippen molar-refractivity contribution in [3.63, 3.8) is 0 Å². The normalized spacial score (nSPS) is 13.1. The molecule has 0 bridgehead atoms. The van der Waals surface area contributed by atoms with Gasteiger partial charge in [0.2, 0.25) is 0 Å². The molecule has 0 radical (unpaired) electrons. The summed E-state index contributed by atoms with van der Waals surface area (Å²) in [5.74, 6) is 0.303. The summed E-state index contributed by atoms with van der Waals surface area (Å²) in [6, 6.07) is 21.8. The number of aryl methyl sites for hydroxylation is 1. The van der Waals surface area contributed by atoms with E-state index in [2.05, 4.69) is 25.7 Å². The van der Waals surface area contributed by atoms with Crippen molar-refractivity contribution in [3.8, 4) is 11.8 Å². The predicted octanol–water partition coefficient (Wildman–Crippen LogP) is 6.92. The van der Waals surface area contributed by atoms with Gasteiger partial charge >= 0.3 is 0 Å². The minimum absolute atomic E-state index is 0.0725. The van der Waals surface area contributed by atoms with Crippen LogP contribution < -0.4 is 14.5 Å². The Balaban J connectivity index is 1.69. The first-order valence-corrected chi connectivity index (χ1v) is 17.6. The molecule has 3 aromatic rings. The van der Waals surface area contributed by atoms with E-state index in [0.29, 0.717) is 35.7 Å². The van der Waals surface area contributed by atoms with Crippen molar-refractivity contribution < 1.29 is 19.1 Å². The summed E-state index contributed by atoms with van der Waals surface area (Å²) < 4.78 is 11.4. The number of rotatable bonds is 10. The summed E-state index contributed by atoms with van der Waals surface area (Å²) in [5.41, 5.74) is 4.35. The number of amides is 2. The van der Waals surface area contributed by atoms with Crippen LogP contribution in [0.4, 0.5) is 11.4 Å². The van der Waals surface area contributed by atoms with Crippen LogP contribution in [-0.4, -0.2) is 40.3 Å². The highest BCUT2D eigenvalue weighted by atomic mass is 28.3. The van der Waals surface area contributed by atoms with Gasteiger partial charge in [-0.25, -0.2) is 0 Å². The highest BCUT2D eigenvalue weighted by Gasteiger charge is 2.31. The average Bonchev–Trinajstić information content (AvgIpc) is 3.28. The smallest absolute Gasteiger partial charge is 0.260 e. The van der Waals surface area contributed by atoms with Crippen molar-refractivity contribution in [2.45, 2.75) is 58.4 Å². The average molecular weight is 570 g/mol. The van der Waals surface area contributed by atoms with Gasteiger partial charge in [0.1, 0.15) is 12.5 Å². The summed E-state index contributed by atoms with van der Waals surface area (Å²) in [6.07, 6.45) is 0. The number of nitrogens with zero attached hydrogens (tertiary/aromatic N) is 3. The molecular formula is C33H39N3O4Si. The number of carbonyl (C=O) groups excluding carboxylic acids is 2. The SMILES string of the molecule is COc1ccc2c(c1)C(=O)N(c1cc(N(COCC[Si](C)(C)C)C(=O)c3cccc(C(C)(C)C#N)c3)ccc1C)C2. The second-order valence-electron chi connectivity index (χ2n) is 12.3. The van der Waals surface area contributed by atoms with Crippen molar-refractivity contribution in [1.82, 2.24) is 0 Å². The summed E-state index contributed by atoms with van der Waals surface area (Å²) in [7, 11) is 0.260. The summed E-state index contributed by atoms with van der Waals surface area (Å²) in [4.78, 5) is 30.8. The maximum atomic E-state index is 14.0. The van der Waals surface area contributed by atoms with E-state index in [-0.39, 0.29) is 18.5 Å². The number of benzene rings is 3. The quantitative estimate of drug-likeness (QED) is 0.150. The van der Waals surface area contributed by atoms with E-state index >= 15 is 0 Å². The predicted molar refractivity (Wildman–Crippen MR) is 166 cm³/mol. The number of hydrogen-bond acceptors (Lipinski definition) is 5. The van der Waals surface area contributed by atoms with Crippen LogP contribution in [0, 0.1) is 18.3 Å². The lowest BCUT2D eigenvalue weighted by molar-refractivity contribution is 0.0900. The molecule has 0 saturated heterocycles. The molecule has 0 unspecified atom stereocenters. The number of methoxy groups -OCH3 is 1. The summed E-state index contributed by atoms with van der Waals surface area (Å²) in [6.45, 7) is 13.6. The second-order valence-corrected chi connectivity index (χ2v) is 17.9. The van der Waals surface area contributed by atoms with Crippen LogP contribution in [0.5, 0.6) is 5.75 Å². The zero-order valence-electron chi connectivity index (χ0n) is 25.1. The van der Waals surface area contributed by atoms with E-state index in [0.717, 1.165) is 28.4 Å². The van der Waals surface area contributed by atoms with Crippen molar-refractivity contribution in [2.24, 2.45) is 0 Å². The van der Waals surface area contributed by atoms with Crippen LogP contribution in [0.3, 0.4) is 0 Å². The maximum Gasteiger partial charge on any atom is 0.260 e. The molecule has 0 saturated carbocycles. The molecule has 41 heavy (non-hydrogen) atoms. The van der Waals surface area contributed by atoms with Gasteiger partial charge in [-0.15, -0.1) is 0 Å². The van der Waals surface area contributed by atoms with E-state index in [1.165, 1.54) is 0 Å². The first kappa shape index (κ1) is 30.0. The van der Waals surface area contributed by atoms with Gasteiger partial charge in [0.05, 0.1) is 25.1 Å². The van der Waals surface area contributed by atoms with Crippen LogP contribution in [0.1, 0.15) is 51.3 Å². The van der Waals surface area contributed by atoms with Crippen LogP contribution >= 0.6 is 0 Å². The number of nitriles is 1. The molecule has 0 N–H and O–H groups in total. The van der Waals surface area contributed by atoms with Gasteiger partial charge in [0, 0.05) is 37.2 Å². The van der Waals surface area contributed by atoms with Gasteiger partial charge in [-0.2, -0.15) is 5.26 Å². The lowest BCUT2D eigenvalue weighted by atomic mass is 9.85. The van der Waals surface area contributed by atoms with Crippen molar-refractivity contribution in [3.05, 3.63) is 88.5 Å². The van der Waals surface area contributed by atoms with Gasteiger partial charge in [0.25, 0.3) is 11.8 Å². The molecule has 8 heteroatoms. The summed E-state index contributed by atoms with van der Waals surface area (Å²) >= 11 is 0. The van der Waals surface area contributed by atoms with Gasteiger partial charge in [0.15, 0.2) is 0 Å². The Hall–Kier alpha value is -3.93. The molecule has 0 atom stereocenters. The molecule has 1 heterocycles. The molecule has 3 aromatic carbocycles. The third-order valence-electron chi connectivity index (χ3n) is 7.49. The fraction of sp³-hybridized carbons (Fsp3) is 0.364. The standard InChI is InChI=1S/C33H39N3O4Si/c1-23-11-13-27(18-30(23)35-20-25-12-14-28(39-4)19-29(25)32(35)38)36(22-40-15-16-41(5,6)7)31(37)24-9-8-10-26(17-24)33(2,3)21-34/h8-14,17-19H,15-16,20,22H2,1-7H3. The van der Waals surface area contributed by atoms with E-state index < -0.39 is 13.5 Å². The first-order chi connectivity index (χ1) is 19.3. The van der Waals surface area contributed by atoms with E-state index in [1.807, 2.05) is 57.2 Å². The zero-order chi connectivity index (χ0) is 29.9. The number of hydrogen-bond donors (Lipinski definition) is 0. The van der Waals surface area contributed by atoms with Crippen molar-refractivity contribution in [2.75, 3.05) is 30.2 Å². The fourth-order valence-corrected chi connectivity index (χ4v) is 5.46. The first-order valence-electron chi connectivity index (χ1n) is 13.9. The Morgan fingerprint density at radius 3 is 2.54 bits per heavy atom. The van der Waals surface area contributed by atoms with Crippen LogP contribution in [0.25, 0.3) is 0 Å². The van der Waals surface area contributed by atoms with E-state index in [4.69, 9.17) is 9.47 Å². The third-order valence-corrected chi connectivity index (χ3v) is 9.19. The molecule has 214 valence electrons. The molecule has 1 aliphatic heterocycles. The van der Waals surface area contributed by atoms with E-state index in [1.54, 1.807) is 41.2 Å². The minimum Gasteiger partial charge on any atom is -0.497 e. The van der Waals surface area contributed by atoms with Crippen LogP contribution in [-0.2, 0) is 16.7 Å². The maximum absolute atomic E-state index is 14.0. The number of carbonyl (C=O) groups is 2. The minimum atomic E-state index is -1.32. The van der Waals surface area contributed by atoms with Crippen molar-refractivity contribution in [1.29, 1.82) is 5.26 Å². The number of ether oxygens (including phenoxy) is 2. The summed E-state index contributed by atoms with van der Waals surface area (Å²) in [5, 5.41) is 9.65. The largest absolute Gasteiger partial charge is 0.497 e. The van der Waals surface area contributed by atoms with Gasteiger partial charge < -0.3 is 14.4 Å². The number of fused-ring (bicyclic) bond motifs is 1. The highest BCUT2D eigenvalue weighted by molar-refractivity contribution is 6.76. The Kier molecular flexibility index (Phi) is 8.71. The topological polar surface area (TPSA) is 82.9 Å². The highest BCUT2D eigenvalue weighted by Crippen LogP contribution is 2.35. The Labute approximate surface area is 244 Å². The molecule has 0 spiro atoms. The Morgan fingerprint density at radius 2 is 1.85 bits per heavy atom. The van der Waals surface area contributed by atoms with Gasteiger partial charge in [-0.05, 0) is 79.9 Å². The third kappa shape index (κ3) is 6.70. The molecule has 0 aromatic heterocycles. The van der Waals surface area contributed by atoms with Crippen LogP contribution in [0.15, 0.2) is 60.7 Å². The van der Waals surface area contributed by atoms with Crippen molar-refractivity contribution >= 4 is 31.3 Å². The van der Waals surface area contributed by atoms with Crippen LogP contribution in [0.2, 0.25) is 25.7 Å². The molecule has 1 aliphatic rings. The monoisotopic (exact) mass is 569 g/mol. The molecular weight excluding hydrogens is 530 g/mol. The number of anilines is 2. The Morgan fingerprint density at radius 1 is 1.10 bits per heavy atom.